The van der Waals surface area contributed by atoms with Crippen LogP contribution >= 0.6 is 24.2 Å². The zero-order valence-electron chi connectivity index (χ0n) is 12.2. The number of para-hydroxylation sites is 1. The maximum atomic E-state index is 12.4. The van der Waals surface area contributed by atoms with Crippen molar-refractivity contribution in [3.05, 3.63) is 24.3 Å². The number of rotatable bonds is 2. The standard InChI is InChI=1S/C15H19N3O2S.ClH/c16-11-4-3-7-17(8-11)14(19)9-18-12-5-1-2-6-13(12)21-10-15(18)20;/h1-2,5-6,11H,3-4,7-10,16H2;1H. The fourth-order valence-corrected chi connectivity index (χ4v) is 3.73. The molecule has 22 heavy (non-hydrogen) atoms. The Morgan fingerprint density at radius 2 is 2.14 bits per heavy atom. The molecule has 2 amide bonds. The summed E-state index contributed by atoms with van der Waals surface area (Å²) in [6, 6.07) is 7.79. The average molecular weight is 342 g/mol. The molecule has 1 aromatic carbocycles. The molecule has 1 aromatic rings. The molecular weight excluding hydrogens is 322 g/mol. The van der Waals surface area contributed by atoms with Crippen molar-refractivity contribution in [1.29, 1.82) is 0 Å². The first-order valence-corrected chi connectivity index (χ1v) is 8.19. The van der Waals surface area contributed by atoms with Crippen LogP contribution in [0.3, 0.4) is 0 Å². The number of nitrogens with zero attached hydrogens (tertiary/aromatic N) is 2. The maximum Gasteiger partial charge on any atom is 0.242 e. The van der Waals surface area contributed by atoms with E-state index < -0.39 is 0 Å². The normalized spacial score (nSPS) is 21.1. The summed E-state index contributed by atoms with van der Waals surface area (Å²) in [6.45, 7) is 1.45. The zero-order valence-corrected chi connectivity index (χ0v) is 13.9. The number of halogens is 1. The molecule has 2 N–H and O–H groups in total. The van der Waals surface area contributed by atoms with Crippen molar-refractivity contribution in [2.24, 2.45) is 5.73 Å². The van der Waals surface area contributed by atoms with Gasteiger partial charge in [-0.2, -0.15) is 0 Å². The minimum atomic E-state index is -0.0137. The van der Waals surface area contributed by atoms with E-state index in [-0.39, 0.29) is 36.8 Å². The van der Waals surface area contributed by atoms with Crippen molar-refractivity contribution in [2.45, 2.75) is 23.8 Å². The number of carbonyl (C=O) groups is 2. The number of hydrogen-bond acceptors (Lipinski definition) is 4. The van der Waals surface area contributed by atoms with E-state index >= 15 is 0 Å². The van der Waals surface area contributed by atoms with E-state index in [0.29, 0.717) is 12.3 Å². The largest absolute Gasteiger partial charge is 0.340 e. The summed E-state index contributed by atoms with van der Waals surface area (Å²) in [4.78, 5) is 29.0. The van der Waals surface area contributed by atoms with Gasteiger partial charge >= 0.3 is 0 Å². The van der Waals surface area contributed by atoms with Crippen molar-refractivity contribution in [3.63, 3.8) is 0 Å². The van der Waals surface area contributed by atoms with Crippen molar-refractivity contribution >= 4 is 41.7 Å². The van der Waals surface area contributed by atoms with Crippen LogP contribution in [0.25, 0.3) is 0 Å². The van der Waals surface area contributed by atoms with Crippen LogP contribution in [0.4, 0.5) is 5.69 Å². The minimum absolute atomic E-state index is 0. The average Bonchev–Trinajstić information content (AvgIpc) is 2.50. The Balaban J connectivity index is 0.00000176. The number of amides is 2. The predicted molar refractivity (Wildman–Crippen MR) is 90.6 cm³/mol. The first-order valence-electron chi connectivity index (χ1n) is 7.20. The summed E-state index contributed by atoms with van der Waals surface area (Å²) in [5, 5.41) is 0. The van der Waals surface area contributed by atoms with Crippen molar-refractivity contribution in [1.82, 2.24) is 4.90 Å². The number of nitrogens with two attached hydrogens (primary N) is 1. The Morgan fingerprint density at radius 1 is 1.36 bits per heavy atom. The molecule has 3 rings (SSSR count). The second kappa shape index (κ2) is 7.35. The van der Waals surface area contributed by atoms with Crippen molar-refractivity contribution in [3.8, 4) is 0 Å². The molecule has 2 aliphatic rings. The molecule has 1 saturated heterocycles. The van der Waals surface area contributed by atoms with Crippen LogP contribution in [0.1, 0.15) is 12.8 Å². The van der Waals surface area contributed by atoms with Gasteiger partial charge in [0.1, 0.15) is 6.54 Å². The molecule has 7 heteroatoms. The monoisotopic (exact) mass is 341 g/mol. The highest BCUT2D eigenvalue weighted by atomic mass is 35.5. The van der Waals surface area contributed by atoms with Gasteiger partial charge in [0.15, 0.2) is 0 Å². The van der Waals surface area contributed by atoms with E-state index in [0.717, 1.165) is 30.0 Å². The Labute approximate surface area is 140 Å². The smallest absolute Gasteiger partial charge is 0.242 e. The molecule has 1 atom stereocenters. The van der Waals surface area contributed by atoms with Crippen LogP contribution in [0.5, 0.6) is 0 Å². The summed E-state index contributed by atoms with van der Waals surface area (Å²) >= 11 is 1.53. The lowest BCUT2D eigenvalue weighted by molar-refractivity contribution is -0.132. The highest BCUT2D eigenvalue weighted by molar-refractivity contribution is 8.00. The number of thioether (sulfide) groups is 1. The SMILES string of the molecule is Cl.NC1CCCN(C(=O)CN2C(=O)CSc3ccccc32)C1. The summed E-state index contributed by atoms with van der Waals surface area (Å²) in [5.74, 6) is 0.373. The lowest BCUT2D eigenvalue weighted by Gasteiger charge is -2.34. The highest BCUT2D eigenvalue weighted by Gasteiger charge is 2.29. The summed E-state index contributed by atoms with van der Waals surface area (Å²) in [7, 11) is 0. The van der Waals surface area contributed by atoms with Gasteiger partial charge in [-0.1, -0.05) is 12.1 Å². The molecular formula is C15H20ClN3O2S. The minimum Gasteiger partial charge on any atom is -0.340 e. The molecule has 0 aromatic heterocycles. The maximum absolute atomic E-state index is 12.4. The zero-order chi connectivity index (χ0) is 14.8. The second-order valence-electron chi connectivity index (χ2n) is 5.48. The molecule has 0 spiro atoms. The molecule has 2 aliphatic heterocycles. The molecule has 0 saturated carbocycles. The Bertz CT molecular complexity index is 569. The Morgan fingerprint density at radius 3 is 2.91 bits per heavy atom. The first kappa shape index (κ1) is 17.1. The summed E-state index contributed by atoms with van der Waals surface area (Å²) in [6.07, 6.45) is 1.90. The molecule has 2 heterocycles. The molecule has 0 radical (unpaired) electrons. The van der Waals surface area contributed by atoms with E-state index in [1.807, 2.05) is 24.3 Å². The van der Waals surface area contributed by atoms with Crippen molar-refractivity contribution < 1.29 is 9.59 Å². The third-order valence-electron chi connectivity index (χ3n) is 3.91. The van der Waals surface area contributed by atoms with Gasteiger partial charge in [0.25, 0.3) is 0 Å². The third-order valence-corrected chi connectivity index (χ3v) is 4.96. The second-order valence-corrected chi connectivity index (χ2v) is 6.50. The lowest BCUT2D eigenvalue weighted by Crippen LogP contribution is -2.50. The number of benzene rings is 1. The van der Waals surface area contributed by atoms with Crippen LogP contribution in [-0.2, 0) is 9.59 Å². The summed E-state index contributed by atoms with van der Waals surface area (Å²) in [5.41, 5.74) is 6.76. The topological polar surface area (TPSA) is 66.6 Å². The molecule has 1 fully saturated rings. The van der Waals surface area contributed by atoms with Gasteiger partial charge in [0.05, 0.1) is 11.4 Å². The Hall–Kier alpha value is -1.24. The van der Waals surface area contributed by atoms with Crippen LogP contribution in [0.15, 0.2) is 29.2 Å². The van der Waals surface area contributed by atoms with Gasteiger partial charge in [-0.15, -0.1) is 24.2 Å². The first-order chi connectivity index (χ1) is 10.1. The van der Waals surface area contributed by atoms with Gasteiger partial charge in [0, 0.05) is 24.0 Å². The van der Waals surface area contributed by atoms with Crippen molar-refractivity contribution in [2.75, 3.05) is 30.3 Å². The number of likely N-dealkylation sites (tertiary alicyclic amines) is 1. The fraction of sp³-hybridized carbons (Fsp3) is 0.467. The lowest BCUT2D eigenvalue weighted by atomic mass is 10.1. The number of piperidine rings is 1. The number of fused-ring (bicyclic) bond motifs is 1. The fourth-order valence-electron chi connectivity index (χ4n) is 2.80. The van der Waals surface area contributed by atoms with E-state index in [4.69, 9.17) is 5.73 Å². The number of hydrogen-bond donors (Lipinski definition) is 1. The van der Waals surface area contributed by atoms with Crippen LogP contribution in [0, 0.1) is 0 Å². The van der Waals surface area contributed by atoms with Gasteiger partial charge in [0.2, 0.25) is 11.8 Å². The number of carbonyl (C=O) groups excluding carboxylic acids is 2. The molecule has 0 aliphatic carbocycles. The van der Waals surface area contributed by atoms with E-state index in [9.17, 15) is 9.59 Å². The van der Waals surface area contributed by atoms with Crippen LogP contribution in [-0.4, -0.2) is 48.1 Å². The molecule has 0 bridgehead atoms. The van der Waals surface area contributed by atoms with E-state index in [1.165, 1.54) is 11.8 Å². The predicted octanol–water partition coefficient (Wildman–Crippen LogP) is 1.50. The molecule has 5 nitrogen and oxygen atoms in total. The van der Waals surface area contributed by atoms with E-state index in [1.54, 1.807) is 9.80 Å². The quantitative estimate of drug-likeness (QED) is 0.885. The van der Waals surface area contributed by atoms with Gasteiger partial charge in [-0.3, -0.25) is 9.59 Å². The van der Waals surface area contributed by atoms with Crippen LogP contribution < -0.4 is 10.6 Å². The van der Waals surface area contributed by atoms with Gasteiger partial charge < -0.3 is 15.5 Å². The van der Waals surface area contributed by atoms with Crippen LogP contribution in [0.2, 0.25) is 0 Å². The number of anilines is 1. The van der Waals surface area contributed by atoms with Gasteiger partial charge in [-0.25, -0.2) is 0 Å². The summed E-state index contributed by atoms with van der Waals surface area (Å²) < 4.78 is 0. The van der Waals surface area contributed by atoms with E-state index in [2.05, 4.69) is 0 Å². The third kappa shape index (κ3) is 3.56. The van der Waals surface area contributed by atoms with Gasteiger partial charge in [-0.05, 0) is 25.0 Å². The molecule has 120 valence electrons. The highest BCUT2D eigenvalue weighted by Crippen LogP contribution is 2.34. The Kier molecular flexibility index (Phi) is 5.72. The molecule has 1 unspecified atom stereocenters.